The van der Waals surface area contributed by atoms with Gasteiger partial charge in [-0.1, -0.05) is 6.07 Å². The Bertz CT molecular complexity index is 735. The third-order valence-electron chi connectivity index (χ3n) is 2.91. The van der Waals surface area contributed by atoms with Gasteiger partial charge in [0, 0.05) is 18.8 Å². The van der Waals surface area contributed by atoms with E-state index in [2.05, 4.69) is 15.0 Å². The summed E-state index contributed by atoms with van der Waals surface area (Å²) in [6, 6.07) is 8.91. The second kappa shape index (κ2) is 4.53. The molecule has 0 radical (unpaired) electrons. The lowest BCUT2D eigenvalue weighted by atomic mass is 10.2. The van der Waals surface area contributed by atoms with Crippen molar-refractivity contribution in [3.63, 3.8) is 0 Å². The van der Waals surface area contributed by atoms with Crippen molar-refractivity contribution in [1.29, 1.82) is 0 Å². The number of carboxylic acid groups (broad SMARTS) is 1. The Morgan fingerprint density at radius 2 is 2.00 bits per heavy atom. The number of pyridine rings is 1. The summed E-state index contributed by atoms with van der Waals surface area (Å²) in [5, 5.41) is 9.12. The molecule has 94 valence electrons. The molecule has 0 atom stereocenters. The average molecular weight is 253 g/mol. The van der Waals surface area contributed by atoms with Gasteiger partial charge >= 0.3 is 5.97 Å². The molecule has 0 amide bonds. The molecule has 0 spiro atoms. The van der Waals surface area contributed by atoms with E-state index in [1.54, 1.807) is 24.5 Å². The van der Waals surface area contributed by atoms with Crippen molar-refractivity contribution in [2.24, 2.45) is 0 Å². The minimum absolute atomic E-state index is 0.217. The van der Waals surface area contributed by atoms with Gasteiger partial charge < -0.3 is 10.1 Å². The first-order valence-corrected chi connectivity index (χ1v) is 5.84. The lowest BCUT2D eigenvalue weighted by Crippen LogP contribution is -1.97. The first-order valence-electron chi connectivity index (χ1n) is 5.84. The smallest absolute Gasteiger partial charge is 0.337 e. The molecule has 0 saturated carbocycles. The molecule has 0 aliphatic carbocycles. The van der Waals surface area contributed by atoms with E-state index in [1.807, 2.05) is 18.2 Å². The Morgan fingerprint density at radius 3 is 2.74 bits per heavy atom. The van der Waals surface area contributed by atoms with Gasteiger partial charge in [0.15, 0.2) is 0 Å². The van der Waals surface area contributed by atoms with Crippen LogP contribution in [0.15, 0.2) is 42.7 Å². The Kier molecular flexibility index (Phi) is 2.72. The molecular weight excluding hydrogens is 242 g/mol. The number of nitrogens with one attached hydrogen (secondary N) is 1. The molecule has 2 heterocycles. The van der Waals surface area contributed by atoms with Gasteiger partial charge in [0.1, 0.15) is 11.3 Å². The second-order valence-corrected chi connectivity index (χ2v) is 4.22. The van der Waals surface area contributed by atoms with Crippen molar-refractivity contribution < 1.29 is 9.90 Å². The Balaban J connectivity index is 2.03. The number of aromatic nitrogens is 3. The molecule has 3 rings (SSSR count). The summed E-state index contributed by atoms with van der Waals surface area (Å²) in [6.45, 7) is 0. The summed E-state index contributed by atoms with van der Waals surface area (Å²) in [4.78, 5) is 22.6. The summed E-state index contributed by atoms with van der Waals surface area (Å²) in [5.74, 6) is -0.220. The highest BCUT2D eigenvalue weighted by molar-refractivity contribution is 6.00. The van der Waals surface area contributed by atoms with E-state index in [1.165, 1.54) is 0 Å². The number of benzene rings is 1. The third-order valence-corrected chi connectivity index (χ3v) is 2.91. The van der Waals surface area contributed by atoms with Crippen molar-refractivity contribution in [2.75, 3.05) is 0 Å². The highest BCUT2D eigenvalue weighted by atomic mass is 16.4. The van der Waals surface area contributed by atoms with Gasteiger partial charge in [-0.05, 0) is 29.8 Å². The molecule has 1 aromatic carbocycles. The summed E-state index contributed by atoms with van der Waals surface area (Å²) in [6.07, 6.45) is 4.07. The highest BCUT2D eigenvalue weighted by Gasteiger charge is 2.12. The lowest BCUT2D eigenvalue weighted by molar-refractivity contribution is 0.0699. The van der Waals surface area contributed by atoms with Gasteiger partial charge in [-0.2, -0.15) is 0 Å². The van der Waals surface area contributed by atoms with Crippen LogP contribution < -0.4 is 0 Å². The minimum Gasteiger partial charge on any atom is -0.478 e. The van der Waals surface area contributed by atoms with Crippen molar-refractivity contribution in [1.82, 2.24) is 15.0 Å². The minimum atomic E-state index is -0.965. The number of imidazole rings is 1. The molecule has 0 aliphatic heterocycles. The fourth-order valence-corrected chi connectivity index (χ4v) is 2.03. The fraction of sp³-hybridized carbons (Fsp3) is 0.0714. The van der Waals surface area contributed by atoms with Crippen LogP contribution >= 0.6 is 0 Å². The molecule has 0 aliphatic rings. The van der Waals surface area contributed by atoms with Crippen LogP contribution in [0.5, 0.6) is 0 Å². The van der Waals surface area contributed by atoms with Gasteiger partial charge in [0.25, 0.3) is 0 Å². The standard InChI is InChI=1S/C14H11N3O2/c18-14(19)10-2-1-3-11-13(10)17-12(16-11)8-9-4-6-15-7-5-9/h1-7H,8H2,(H,16,17)(H,18,19). The summed E-state index contributed by atoms with van der Waals surface area (Å²) in [5.41, 5.74) is 2.53. The first-order chi connectivity index (χ1) is 9.24. The normalized spacial score (nSPS) is 10.7. The number of fused-ring (bicyclic) bond motifs is 1. The molecule has 2 aromatic heterocycles. The average Bonchev–Trinajstić information content (AvgIpc) is 2.81. The number of rotatable bonds is 3. The number of hydrogen-bond acceptors (Lipinski definition) is 3. The van der Waals surface area contributed by atoms with Crippen LogP contribution in [0.1, 0.15) is 21.7 Å². The second-order valence-electron chi connectivity index (χ2n) is 4.22. The van der Waals surface area contributed by atoms with Crippen molar-refractivity contribution >= 4 is 17.0 Å². The van der Waals surface area contributed by atoms with Gasteiger partial charge in [-0.3, -0.25) is 4.98 Å². The summed E-state index contributed by atoms with van der Waals surface area (Å²) >= 11 is 0. The van der Waals surface area contributed by atoms with E-state index in [9.17, 15) is 4.79 Å². The SMILES string of the molecule is O=C(O)c1cccc2[nH]c(Cc3ccncc3)nc12. The number of aromatic amines is 1. The third kappa shape index (κ3) is 2.18. The van der Waals surface area contributed by atoms with Crippen LogP contribution in [0.2, 0.25) is 0 Å². The number of carboxylic acids is 1. The zero-order valence-corrected chi connectivity index (χ0v) is 10.00. The van der Waals surface area contributed by atoms with E-state index >= 15 is 0 Å². The summed E-state index contributed by atoms with van der Waals surface area (Å²) < 4.78 is 0. The molecule has 0 bridgehead atoms. The van der Waals surface area contributed by atoms with E-state index in [4.69, 9.17) is 5.11 Å². The van der Waals surface area contributed by atoms with Gasteiger partial charge in [-0.15, -0.1) is 0 Å². The lowest BCUT2D eigenvalue weighted by Gasteiger charge is -1.95. The van der Waals surface area contributed by atoms with Gasteiger partial charge in [0.2, 0.25) is 0 Å². The van der Waals surface area contributed by atoms with E-state index in [0.717, 1.165) is 16.9 Å². The predicted octanol–water partition coefficient (Wildman–Crippen LogP) is 2.25. The van der Waals surface area contributed by atoms with Crippen LogP contribution in [0.25, 0.3) is 11.0 Å². The van der Waals surface area contributed by atoms with E-state index in [-0.39, 0.29) is 5.56 Å². The van der Waals surface area contributed by atoms with E-state index in [0.29, 0.717) is 11.9 Å². The number of H-pyrrole nitrogens is 1. The number of aromatic carboxylic acids is 1. The largest absolute Gasteiger partial charge is 0.478 e. The Labute approximate surface area is 109 Å². The molecule has 0 saturated heterocycles. The zero-order chi connectivity index (χ0) is 13.2. The quantitative estimate of drug-likeness (QED) is 0.750. The van der Waals surface area contributed by atoms with E-state index < -0.39 is 5.97 Å². The van der Waals surface area contributed by atoms with Crippen LogP contribution in [0.3, 0.4) is 0 Å². The van der Waals surface area contributed by atoms with Crippen LogP contribution in [0.4, 0.5) is 0 Å². The number of carbonyl (C=O) groups is 1. The van der Waals surface area contributed by atoms with Crippen LogP contribution in [-0.2, 0) is 6.42 Å². The van der Waals surface area contributed by atoms with Crippen molar-refractivity contribution in [2.45, 2.75) is 6.42 Å². The topological polar surface area (TPSA) is 78.9 Å². The summed E-state index contributed by atoms with van der Waals surface area (Å²) in [7, 11) is 0. The molecular formula is C14H11N3O2. The molecule has 2 N–H and O–H groups in total. The first kappa shape index (κ1) is 11.4. The van der Waals surface area contributed by atoms with Gasteiger partial charge in [-0.25, -0.2) is 9.78 Å². The fourth-order valence-electron chi connectivity index (χ4n) is 2.03. The number of para-hydroxylation sites is 1. The Hall–Kier alpha value is -2.69. The zero-order valence-electron chi connectivity index (χ0n) is 10.00. The van der Waals surface area contributed by atoms with Gasteiger partial charge in [0.05, 0.1) is 11.1 Å². The monoisotopic (exact) mass is 253 g/mol. The van der Waals surface area contributed by atoms with Crippen molar-refractivity contribution in [3.05, 3.63) is 59.7 Å². The maximum absolute atomic E-state index is 11.1. The maximum Gasteiger partial charge on any atom is 0.337 e. The molecule has 5 nitrogen and oxygen atoms in total. The number of hydrogen-bond donors (Lipinski definition) is 2. The van der Waals surface area contributed by atoms with Crippen LogP contribution in [0, 0.1) is 0 Å². The molecule has 0 fully saturated rings. The Morgan fingerprint density at radius 1 is 1.21 bits per heavy atom. The molecule has 19 heavy (non-hydrogen) atoms. The highest BCUT2D eigenvalue weighted by Crippen LogP contribution is 2.18. The van der Waals surface area contributed by atoms with Crippen molar-refractivity contribution in [3.8, 4) is 0 Å². The van der Waals surface area contributed by atoms with Crippen LogP contribution in [-0.4, -0.2) is 26.0 Å². The molecule has 5 heteroatoms. The number of nitrogens with zero attached hydrogens (tertiary/aromatic N) is 2. The molecule has 3 aromatic rings. The predicted molar refractivity (Wildman–Crippen MR) is 70.1 cm³/mol. The maximum atomic E-state index is 11.1. The molecule has 0 unspecified atom stereocenters.